The Morgan fingerprint density at radius 3 is 2.18 bits per heavy atom. The molecule has 0 saturated carbocycles. The molecule has 0 aliphatic carbocycles. The molecular formula is C10H17NO6. The molecule has 0 bridgehead atoms. The fourth-order valence-corrected chi connectivity index (χ4v) is 1.08. The second-order valence-corrected chi connectivity index (χ2v) is 3.75. The van der Waals surface area contributed by atoms with E-state index in [0.717, 1.165) is 0 Å². The molecule has 0 spiro atoms. The number of nitrogens with one attached hydrogen (secondary N) is 1. The zero-order valence-corrected chi connectivity index (χ0v) is 10.0. The van der Waals surface area contributed by atoms with E-state index in [0.29, 0.717) is 6.42 Å². The Bertz CT molecular complexity index is 310. The topological polar surface area (TPSA) is 113 Å². The standard InChI is InChI=1S/C10H17NO6/c1-4-10(2,17-3)9(16)11-6(8(14)15)5-7(12)13/h6H,4-5H2,1-3H3,(H,11,16)(H,12,13)(H,14,15)/t6-,10?/m1/s1. The number of carboxylic acids is 2. The number of hydrogen-bond donors (Lipinski definition) is 3. The van der Waals surface area contributed by atoms with Gasteiger partial charge in [-0.2, -0.15) is 0 Å². The number of amides is 1. The van der Waals surface area contributed by atoms with Crippen LogP contribution in [-0.4, -0.2) is 46.8 Å². The van der Waals surface area contributed by atoms with Crippen molar-refractivity contribution < 1.29 is 29.3 Å². The average Bonchev–Trinajstić information content (AvgIpc) is 2.26. The third-order valence-corrected chi connectivity index (χ3v) is 2.59. The minimum atomic E-state index is -1.46. The highest BCUT2D eigenvalue weighted by Crippen LogP contribution is 2.14. The van der Waals surface area contributed by atoms with Crippen LogP contribution >= 0.6 is 0 Å². The van der Waals surface area contributed by atoms with Gasteiger partial charge < -0.3 is 20.3 Å². The van der Waals surface area contributed by atoms with Crippen molar-refractivity contribution in [2.24, 2.45) is 0 Å². The highest BCUT2D eigenvalue weighted by atomic mass is 16.5. The normalized spacial score (nSPS) is 15.7. The van der Waals surface area contributed by atoms with Gasteiger partial charge in [-0.25, -0.2) is 4.79 Å². The van der Waals surface area contributed by atoms with E-state index in [9.17, 15) is 14.4 Å². The van der Waals surface area contributed by atoms with Gasteiger partial charge in [-0.05, 0) is 13.3 Å². The minimum absolute atomic E-state index is 0.342. The molecule has 17 heavy (non-hydrogen) atoms. The summed E-state index contributed by atoms with van der Waals surface area (Å²) in [6.45, 7) is 3.21. The van der Waals surface area contributed by atoms with Gasteiger partial charge in [-0.1, -0.05) is 6.92 Å². The molecule has 2 atom stereocenters. The molecule has 7 nitrogen and oxygen atoms in total. The van der Waals surface area contributed by atoms with Crippen LogP contribution in [0.5, 0.6) is 0 Å². The van der Waals surface area contributed by atoms with Gasteiger partial charge in [0.2, 0.25) is 0 Å². The molecule has 0 aromatic carbocycles. The van der Waals surface area contributed by atoms with Crippen molar-refractivity contribution in [2.75, 3.05) is 7.11 Å². The summed E-state index contributed by atoms with van der Waals surface area (Å²) in [7, 11) is 1.33. The Morgan fingerprint density at radius 2 is 1.88 bits per heavy atom. The Kier molecular flexibility index (Phi) is 5.60. The van der Waals surface area contributed by atoms with Crippen molar-refractivity contribution in [2.45, 2.75) is 38.3 Å². The van der Waals surface area contributed by atoms with Gasteiger partial charge in [0.25, 0.3) is 5.91 Å². The molecule has 3 N–H and O–H groups in total. The molecule has 0 aromatic rings. The molecule has 7 heteroatoms. The maximum absolute atomic E-state index is 11.7. The molecule has 0 saturated heterocycles. The Balaban J connectivity index is 4.71. The molecule has 98 valence electrons. The lowest BCUT2D eigenvalue weighted by Crippen LogP contribution is -2.52. The molecule has 0 radical (unpaired) electrons. The van der Waals surface area contributed by atoms with Crippen molar-refractivity contribution in [1.82, 2.24) is 5.32 Å². The van der Waals surface area contributed by atoms with Crippen molar-refractivity contribution >= 4 is 17.8 Å². The molecule has 0 rings (SSSR count). The van der Waals surface area contributed by atoms with Gasteiger partial charge in [0.1, 0.15) is 11.6 Å². The summed E-state index contributed by atoms with van der Waals surface area (Å²) >= 11 is 0. The largest absolute Gasteiger partial charge is 0.481 e. The summed E-state index contributed by atoms with van der Waals surface area (Å²) in [6, 6.07) is -1.46. The first-order chi connectivity index (χ1) is 7.76. The maximum atomic E-state index is 11.7. The summed E-state index contributed by atoms with van der Waals surface area (Å²) in [5.41, 5.74) is -1.16. The quantitative estimate of drug-likeness (QED) is 0.576. The predicted molar refractivity (Wildman–Crippen MR) is 57.5 cm³/mol. The number of ether oxygens (including phenoxy) is 1. The monoisotopic (exact) mass is 247 g/mol. The van der Waals surface area contributed by atoms with Gasteiger partial charge in [-0.15, -0.1) is 0 Å². The van der Waals surface area contributed by atoms with Gasteiger partial charge in [0, 0.05) is 7.11 Å². The number of rotatable bonds is 7. The second-order valence-electron chi connectivity index (χ2n) is 3.75. The van der Waals surface area contributed by atoms with Crippen molar-refractivity contribution in [3.05, 3.63) is 0 Å². The molecule has 0 fully saturated rings. The highest BCUT2D eigenvalue weighted by molar-refractivity contribution is 5.90. The summed E-state index contributed by atoms with van der Waals surface area (Å²) in [4.78, 5) is 32.9. The number of aliphatic carboxylic acids is 2. The number of carbonyl (C=O) groups is 3. The van der Waals surface area contributed by atoms with E-state index >= 15 is 0 Å². The van der Waals surface area contributed by atoms with Crippen LogP contribution in [0.2, 0.25) is 0 Å². The second kappa shape index (κ2) is 6.19. The van der Waals surface area contributed by atoms with Crippen LogP contribution in [0, 0.1) is 0 Å². The molecular weight excluding hydrogens is 230 g/mol. The Hall–Kier alpha value is -1.63. The van der Waals surface area contributed by atoms with Gasteiger partial charge in [0.05, 0.1) is 6.42 Å². The number of carbonyl (C=O) groups excluding carboxylic acids is 1. The lowest BCUT2D eigenvalue weighted by molar-refractivity contribution is -0.151. The van der Waals surface area contributed by atoms with Crippen LogP contribution in [0.3, 0.4) is 0 Å². The first-order valence-electron chi connectivity index (χ1n) is 5.07. The first-order valence-corrected chi connectivity index (χ1v) is 5.07. The van der Waals surface area contributed by atoms with Gasteiger partial charge >= 0.3 is 11.9 Å². The molecule has 0 heterocycles. The van der Waals surface area contributed by atoms with E-state index in [1.54, 1.807) is 6.92 Å². The van der Waals surface area contributed by atoms with E-state index in [1.807, 2.05) is 0 Å². The molecule has 0 aliphatic rings. The van der Waals surface area contributed by atoms with E-state index < -0.39 is 35.9 Å². The molecule has 1 unspecified atom stereocenters. The summed E-state index contributed by atoms with van der Waals surface area (Å²) in [5.74, 6) is -3.33. The zero-order valence-electron chi connectivity index (χ0n) is 10.0. The third-order valence-electron chi connectivity index (χ3n) is 2.59. The van der Waals surface area contributed by atoms with E-state index in [4.69, 9.17) is 14.9 Å². The molecule has 0 aliphatic heterocycles. The summed E-state index contributed by atoms with van der Waals surface area (Å²) < 4.78 is 4.98. The molecule has 0 aromatic heterocycles. The fourth-order valence-electron chi connectivity index (χ4n) is 1.08. The van der Waals surface area contributed by atoms with Crippen LogP contribution in [-0.2, 0) is 19.1 Å². The lowest BCUT2D eigenvalue weighted by Gasteiger charge is -2.26. The van der Waals surface area contributed by atoms with E-state index in [1.165, 1.54) is 14.0 Å². The van der Waals surface area contributed by atoms with Crippen LogP contribution in [0.4, 0.5) is 0 Å². The fraction of sp³-hybridized carbons (Fsp3) is 0.700. The SMILES string of the molecule is CCC(C)(OC)C(=O)N[C@H](CC(=O)O)C(=O)O. The summed E-state index contributed by atoms with van der Waals surface area (Å²) in [6.07, 6.45) is -0.334. The minimum Gasteiger partial charge on any atom is -0.481 e. The Morgan fingerprint density at radius 1 is 1.35 bits per heavy atom. The first kappa shape index (κ1) is 15.4. The number of carboxylic acid groups (broad SMARTS) is 2. The average molecular weight is 247 g/mol. The van der Waals surface area contributed by atoms with Crippen LogP contribution in [0.15, 0.2) is 0 Å². The Labute approximate surface area is 98.8 Å². The number of methoxy groups -OCH3 is 1. The zero-order chi connectivity index (χ0) is 13.6. The lowest BCUT2D eigenvalue weighted by atomic mass is 10.0. The van der Waals surface area contributed by atoms with Crippen LogP contribution < -0.4 is 5.32 Å². The smallest absolute Gasteiger partial charge is 0.326 e. The predicted octanol–water partition coefficient (Wildman–Crippen LogP) is -0.154. The maximum Gasteiger partial charge on any atom is 0.326 e. The van der Waals surface area contributed by atoms with Crippen molar-refractivity contribution in [3.8, 4) is 0 Å². The van der Waals surface area contributed by atoms with E-state index in [-0.39, 0.29) is 0 Å². The molecule has 1 amide bonds. The summed E-state index contributed by atoms with van der Waals surface area (Å²) in [5, 5.41) is 19.4. The highest BCUT2D eigenvalue weighted by Gasteiger charge is 2.34. The van der Waals surface area contributed by atoms with Crippen molar-refractivity contribution in [1.29, 1.82) is 0 Å². The van der Waals surface area contributed by atoms with Gasteiger partial charge in [0.15, 0.2) is 0 Å². The van der Waals surface area contributed by atoms with Crippen LogP contribution in [0.1, 0.15) is 26.7 Å². The van der Waals surface area contributed by atoms with Gasteiger partial charge in [-0.3, -0.25) is 9.59 Å². The number of hydrogen-bond acceptors (Lipinski definition) is 4. The van der Waals surface area contributed by atoms with E-state index in [2.05, 4.69) is 5.32 Å². The third kappa shape index (κ3) is 4.39. The van der Waals surface area contributed by atoms with Crippen LogP contribution in [0.25, 0.3) is 0 Å². The van der Waals surface area contributed by atoms with Crippen molar-refractivity contribution in [3.63, 3.8) is 0 Å².